The Morgan fingerprint density at radius 3 is 2.48 bits per heavy atom. The third kappa shape index (κ3) is 4.83. The van der Waals surface area contributed by atoms with Gasteiger partial charge in [-0.3, -0.25) is 15.0 Å². The molecule has 1 fully saturated rings. The summed E-state index contributed by atoms with van der Waals surface area (Å²) in [4.78, 5) is 25.3. The smallest absolute Gasteiger partial charge is 0.282 e. The maximum Gasteiger partial charge on any atom is 0.282 e. The molecule has 1 N–H and O–H groups in total. The van der Waals surface area contributed by atoms with E-state index in [4.69, 9.17) is 21.1 Å². The molecule has 1 heterocycles. The number of carbonyl (C=O) groups is 2. The molecule has 0 bridgehead atoms. The monoisotopic (exact) mass is 466 g/mol. The van der Waals surface area contributed by atoms with Gasteiger partial charge in [0, 0.05) is 5.56 Å². The lowest BCUT2D eigenvalue weighted by Crippen LogP contribution is -2.35. The number of halogens is 2. The number of hydrogen-bond donors (Lipinski definition) is 1. The number of hydrazine groups is 1. The summed E-state index contributed by atoms with van der Waals surface area (Å²) in [6.45, 7) is 2.08. The second kappa shape index (κ2) is 9.75. The van der Waals surface area contributed by atoms with Crippen molar-refractivity contribution in [3.05, 3.63) is 94.3 Å². The highest BCUT2D eigenvalue weighted by Crippen LogP contribution is 2.38. The molecule has 1 aliphatic heterocycles. The van der Waals surface area contributed by atoms with Crippen LogP contribution in [0.5, 0.6) is 11.5 Å². The maximum atomic E-state index is 13.9. The molecule has 0 spiro atoms. The van der Waals surface area contributed by atoms with E-state index in [0.717, 1.165) is 0 Å². The van der Waals surface area contributed by atoms with Crippen molar-refractivity contribution < 1.29 is 23.5 Å². The molecular weight excluding hydrogens is 447 g/mol. The van der Waals surface area contributed by atoms with Gasteiger partial charge in [0.2, 0.25) is 0 Å². The number of anilines is 1. The van der Waals surface area contributed by atoms with Crippen LogP contribution in [0.4, 0.5) is 10.1 Å². The summed E-state index contributed by atoms with van der Waals surface area (Å²) in [6.07, 6.45) is 1.44. The molecule has 1 saturated heterocycles. The number of para-hydroxylation sites is 1. The third-order valence-corrected chi connectivity index (χ3v) is 5.16. The van der Waals surface area contributed by atoms with Crippen LogP contribution in [-0.4, -0.2) is 18.4 Å². The van der Waals surface area contributed by atoms with E-state index in [1.165, 1.54) is 17.2 Å². The molecule has 1 aliphatic rings. The van der Waals surface area contributed by atoms with Gasteiger partial charge in [0.15, 0.2) is 11.5 Å². The predicted octanol–water partition coefficient (Wildman–Crippen LogP) is 4.92. The summed E-state index contributed by atoms with van der Waals surface area (Å²) in [5, 5.41) is 1.39. The summed E-state index contributed by atoms with van der Waals surface area (Å²) in [7, 11) is 0. The Balaban J connectivity index is 1.62. The van der Waals surface area contributed by atoms with Crippen LogP contribution in [0.1, 0.15) is 18.1 Å². The molecule has 0 aromatic heterocycles. The highest BCUT2D eigenvalue weighted by atomic mass is 35.5. The van der Waals surface area contributed by atoms with E-state index >= 15 is 0 Å². The Bertz CT molecular complexity index is 1230. The second-order valence-corrected chi connectivity index (χ2v) is 7.53. The molecule has 4 rings (SSSR count). The van der Waals surface area contributed by atoms with Gasteiger partial charge >= 0.3 is 0 Å². The second-order valence-electron chi connectivity index (χ2n) is 7.12. The van der Waals surface area contributed by atoms with Gasteiger partial charge < -0.3 is 9.47 Å². The number of rotatable bonds is 7. The molecule has 3 aromatic carbocycles. The van der Waals surface area contributed by atoms with E-state index in [2.05, 4.69) is 5.43 Å². The van der Waals surface area contributed by atoms with Gasteiger partial charge in [0.05, 0.1) is 17.3 Å². The minimum absolute atomic E-state index is 0.0418. The number of ether oxygens (including phenoxy) is 2. The van der Waals surface area contributed by atoms with Crippen LogP contribution in [0.3, 0.4) is 0 Å². The maximum absolute atomic E-state index is 13.9. The topological polar surface area (TPSA) is 67.9 Å². The van der Waals surface area contributed by atoms with Gasteiger partial charge in [-0.2, -0.15) is 0 Å². The number of hydrogen-bond acceptors (Lipinski definition) is 4. The fourth-order valence-corrected chi connectivity index (χ4v) is 3.60. The van der Waals surface area contributed by atoms with Crippen molar-refractivity contribution >= 4 is 35.2 Å². The molecule has 33 heavy (non-hydrogen) atoms. The number of carbonyl (C=O) groups excluding carboxylic acids is 2. The Morgan fingerprint density at radius 2 is 1.76 bits per heavy atom. The van der Waals surface area contributed by atoms with Crippen molar-refractivity contribution in [1.29, 1.82) is 0 Å². The van der Waals surface area contributed by atoms with Gasteiger partial charge in [-0.15, -0.1) is 0 Å². The molecule has 6 nitrogen and oxygen atoms in total. The summed E-state index contributed by atoms with van der Waals surface area (Å²) in [5.41, 5.74) is 3.91. The van der Waals surface area contributed by atoms with E-state index in [-0.39, 0.29) is 28.8 Å². The highest BCUT2D eigenvalue weighted by Gasteiger charge is 2.34. The number of nitrogens with one attached hydrogen (secondary N) is 1. The van der Waals surface area contributed by atoms with Crippen LogP contribution in [0.25, 0.3) is 6.08 Å². The van der Waals surface area contributed by atoms with Crippen LogP contribution in [-0.2, 0) is 16.2 Å². The Kier molecular flexibility index (Phi) is 6.60. The molecule has 168 valence electrons. The molecule has 0 aliphatic carbocycles. The summed E-state index contributed by atoms with van der Waals surface area (Å²) >= 11 is 6.44. The lowest BCUT2D eigenvalue weighted by Gasteiger charge is -2.15. The predicted molar refractivity (Wildman–Crippen MR) is 123 cm³/mol. The normalized spacial score (nSPS) is 14.5. The first-order chi connectivity index (χ1) is 16.0. The largest absolute Gasteiger partial charge is 0.490 e. The van der Waals surface area contributed by atoms with Crippen LogP contribution in [0.2, 0.25) is 5.02 Å². The zero-order valence-electron chi connectivity index (χ0n) is 17.7. The quantitative estimate of drug-likeness (QED) is 0.396. The molecule has 2 amide bonds. The number of benzene rings is 3. The lowest BCUT2D eigenvalue weighted by molar-refractivity contribution is -0.117. The standard InChI is InChI=1S/C25H20ClFN2O4/c1-2-32-22-14-16(13-20(26)23(22)33-15-17-8-6-7-11-21(17)27)12-19-24(30)28-29(25(19)31)18-9-4-3-5-10-18/h3-14H,2,15H2,1H3,(H,28,30)/b19-12-. The van der Waals surface area contributed by atoms with Crippen molar-refractivity contribution in [1.82, 2.24) is 5.43 Å². The van der Waals surface area contributed by atoms with E-state index in [0.29, 0.717) is 29.2 Å². The van der Waals surface area contributed by atoms with Gasteiger partial charge in [-0.25, -0.2) is 9.40 Å². The Morgan fingerprint density at radius 1 is 1.03 bits per heavy atom. The zero-order valence-corrected chi connectivity index (χ0v) is 18.4. The van der Waals surface area contributed by atoms with Gasteiger partial charge in [0.1, 0.15) is 18.0 Å². The van der Waals surface area contributed by atoms with Crippen molar-refractivity contribution in [3.8, 4) is 11.5 Å². The van der Waals surface area contributed by atoms with E-state index < -0.39 is 11.8 Å². The molecular formula is C25H20ClFN2O4. The summed E-state index contributed by atoms with van der Waals surface area (Å²) in [6, 6.07) is 18.2. The molecule has 3 aromatic rings. The average Bonchev–Trinajstić information content (AvgIpc) is 3.09. The van der Waals surface area contributed by atoms with Gasteiger partial charge in [-0.1, -0.05) is 48.0 Å². The third-order valence-electron chi connectivity index (χ3n) is 4.88. The van der Waals surface area contributed by atoms with Crippen LogP contribution >= 0.6 is 11.6 Å². The summed E-state index contributed by atoms with van der Waals surface area (Å²) in [5.74, 6) is -0.837. The fourth-order valence-electron chi connectivity index (χ4n) is 3.32. The average molecular weight is 467 g/mol. The highest BCUT2D eigenvalue weighted by molar-refractivity contribution is 6.33. The molecule has 0 atom stereocenters. The Labute approximate surface area is 195 Å². The number of nitrogens with zero attached hydrogens (tertiary/aromatic N) is 1. The van der Waals surface area contributed by atoms with Crippen molar-refractivity contribution in [3.63, 3.8) is 0 Å². The first kappa shape index (κ1) is 22.4. The van der Waals surface area contributed by atoms with Crippen molar-refractivity contribution in [2.45, 2.75) is 13.5 Å². The fraction of sp³-hybridized carbons (Fsp3) is 0.120. The minimum Gasteiger partial charge on any atom is -0.490 e. The van der Waals surface area contributed by atoms with Crippen LogP contribution in [0, 0.1) is 5.82 Å². The lowest BCUT2D eigenvalue weighted by atomic mass is 10.1. The molecule has 0 radical (unpaired) electrons. The van der Waals surface area contributed by atoms with Crippen molar-refractivity contribution in [2.75, 3.05) is 11.6 Å². The SMILES string of the molecule is CCOc1cc(/C=C2/C(=O)NN(c3ccccc3)C2=O)cc(Cl)c1OCc1ccccc1F. The van der Waals surface area contributed by atoms with Gasteiger partial charge in [-0.05, 0) is 48.9 Å². The minimum atomic E-state index is -0.530. The molecule has 8 heteroatoms. The molecule has 0 saturated carbocycles. The summed E-state index contributed by atoms with van der Waals surface area (Å²) < 4.78 is 25.3. The first-order valence-electron chi connectivity index (χ1n) is 10.2. The first-order valence-corrected chi connectivity index (χ1v) is 10.6. The zero-order chi connectivity index (χ0) is 23.4. The van der Waals surface area contributed by atoms with Crippen molar-refractivity contribution in [2.24, 2.45) is 0 Å². The van der Waals surface area contributed by atoms with E-state index in [9.17, 15) is 14.0 Å². The van der Waals surface area contributed by atoms with Gasteiger partial charge in [0.25, 0.3) is 11.8 Å². The van der Waals surface area contributed by atoms with Crippen LogP contribution in [0.15, 0.2) is 72.3 Å². The molecule has 0 unspecified atom stereocenters. The van der Waals surface area contributed by atoms with E-state index in [1.54, 1.807) is 61.5 Å². The Hall–Kier alpha value is -3.84. The van der Waals surface area contributed by atoms with E-state index in [1.807, 2.05) is 6.07 Å². The van der Waals surface area contributed by atoms with Crippen LogP contribution < -0.4 is 19.9 Å². The number of amides is 2.